The summed E-state index contributed by atoms with van der Waals surface area (Å²) in [5.74, 6) is 0.681. The minimum atomic E-state index is -4.51. The number of benzene rings is 1. The van der Waals surface area contributed by atoms with Crippen LogP contribution in [0.3, 0.4) is 0 Å². The van der Waals surface area contributed by atoms with Gasteiger partial charge in [-0.15, -0.1) is 0 Å². The smallest absolute Gasteiger partial charge is 0.363 e. The largest absolute Gasteiger partial charge is 0.416 e. The van der Waals surface area contributed by atoms with E-state index in [0.717, 1.165) is 17.8 Å². The molecule has 0 unspecified atom stereocenters. The van der Waals surface area contributed by atoms with Crippen molar-refractivity contribution in [1.29, 1.82) is 0 Å². The molecule has 120 valence electrons. The summed E-state index contributed by atoms with van der Waals surface area (Å²) in [5, 5.41) is 4.15. The summed E-state index contributed by atoms with van der Waals surface area (Å²) in [5.41, 5.74) is 0.135. The van der Waals surface area contributed by atoms with E-state index in [2.05, 4.69) is 5.10 Å². The fraction of sp³-hybridized carbons (Fsp3) is 0.357. The molecule has 2 aromatic rings. The van der Waals surface area contributed by atoms with Crippen molar-refractivity contribution in [2.24, 2.45) is 0 Å². The number of alkyl halides is 3. The number of halogens is 5. The number of hydrogen-bond acceptors (Lipinski definition) is 2. The van der Waals surface area contributed by atoms with Gasteiger partial charge in [-0.3, -0.25) is 0 Å². The van der Waals surface area contributed by atoms with Gasteiger partial charge < -0.3 is 4.90 Å². The van der Waals surface area contributed by atoms with E-state index in [0.29, 0.717) is 12.2 Å². The van der Waals surface area contributed by atoms with E-state index in [1.54, 1.807) is 19.0 Å². The lowest BCUT2D eigenvalue weighted by molar-refractivity contribution is -0.137. The molecule has 1 heterocycles. The summed E-state index contributed by atoms with van der Waals surface area (Å²) in [6.45, 7) is 1.93. The summed E-state index contributed by atoms with van der Waals surface area (Å²) >= 11 is 12.1. The second-order valence-electron chi connectivity index (χ2n) is 4.94. The Morgan fingerprint density at radius 1 is 1.14 bits per heavy atom. The fourth-order valence-electron chi connectivity index (χ4n) is 2.01. The fourth-order valence-corrected chi connectivity index (χ4v) is 2.65. The molecule has 0 radical (unpaired) electrons. The molecule has 0 bridgehead atoms. The quantitative estimate of drug-likeness (QED) is 0.789. The third-order valence-corrected chi connectivity index (χ3v) is 3.69. The summed E-state index contributed by atoms with van der Waals surface area (Å²) < 4.78 is 39.9. The van der Waals surface area contributed by atoms with Crippen molar-refractivity contribution in [1.82, 2.24) is 9.78 Å². The highest BCUT2D eigenvalue weighted by Gasteiger charge is 2.32. The van der Waals surface area contributed by atoms with Gasteiger partial charge in [0.15, 0.2) is 0 Å². The lowest BCUT2D eigenvalue weighted by Gasteiger charge is -2.17. The van der Waals surface area contributed by atoms with Crippen molar-refractivity contribution in [2.45, 2.75) is 19.5 Å². The van der Waals surface area contributed by atoms with E-state index < -0.39 is 11.7 Å². The van der Waals surface area contributed by atoms with Gasteiger partial charge in [0.05, 0.1) is 21.3 Å². The van der Waals surface area contributed by atoms with Gasteiger partial charge in [0, 0.05) is 20.2 Å². The summed E-state index contributed by atoms with van der Waals surface area (Å²) in [6.07, 6.45) is -3.82. The molecular formula is C14H14Cl2F3N3. The standard InChI is InChI=1S/C14H14Cl2F3N3/c1-4-9-7-12(21(2)3)22(20-9)13-10(15)5-8(6-11(13)16)14(17,18)19/h5-7H,4H2,1-3H3. The van der Waals surface area contributed by atoms with Crippen LogP contribution < -0.4 is 4.90 Å². The van der Waals surface area contributed by atoms with Crippen LogP contribution >= 0.6 is 23.2 Å². The number of hydrogen-bond donors (Lipinski definition) is 0. The number of anilines is 1. The Hall–Kier alpha value is -1.40. The SMILES string of the molecule is CCc1cc(N(C)C)n(-c2c(Cl)cc(C(F)(F)F)cc2Cl)n1. The van der Waals surface area contributed by atoms with Crippen LogP contribution in [0.15, 0.2) is 18.2 Å². The molecule has 1 aromatic carbocycles. The molecule has 0 amide bonds. The Bertz CT molecular complexity index is 670. The molecule has 0 N–H and O–H groups in total. The van der Waals surface area contributed by atoms with Crippen molar-refractivity contribution in [3.63, 3.8) is 0 Å². The maximum Gasteiger partial charge on any atom is 0.416 e. The molecule has 0 saturated carbocycles. The van der Waals surface area contributed by atoms with E-state index in [4.69, 9.17) is 23.2 Å². The van der Waals surface area contributed by atoms with Gasteiger partial charge in [-0.05, 0) is 18.6 Å². The molecule has 0 atom stereocenters. The zero-order chi connectivity index (χ0) is 16.7. The van der Waals surface area contributed by atoms with Gasteiger partial charge in [0.1, 0.15) is 11.5 Å². The molecule has 0 saturated heterocycles. The Kier molecular flexibility index (Phi) is 4.63. The van der Waals surface area contributed by atoms with Gasteiger partial charge in [0.2, 0.25) is 0 Å². The summed E-state index contributed by atoms with van der Waals surface area (Å²) in [6, 6.07) is 3.55. The second-order valence-corrected chi connectivity index (χ2v) is 5.75. The first-order valence-corrected chi connectivity index (χ1v) is 7.23. The van der Waals surface area contributed by atoms with Gasteiger partial charge >= 0.3 is 6.18 Å². The van der Waals surface area contributed by atoms with Crippen LogP contribution in [0.1, 0.15) is 18.2 Å². The first-order valence-electron chi connectivity index (χ1n) is 6.48. The topological polar surface area (TPSA) is 21.1 Å². The zero-order valence-electron chi connectivity index (χ0n) is 12.2. The van der Waals surface area contributed by atoms with E-state index in [-0.39, 0.29) is 15.7 Å². The second kappa shape index (κ2) is 6.01. The molecule has 0 spiro atoms. The van der Waals surface area contributed by atoms with Gasteiger partial charge in [-0.25, -0.2) is 4.68 Å². The van der Waals surface area contributed by atoms with Crippen molar-refractivity contribution in [3.8, 4) is 5.69 Å². The minimum absolute atomic E-state index is 0.103. The van der Waals surface area contributed by atoms with Gasteiger partial charge in [0.25, 0.3) is 0 Å². The van der Waals surface area contributed by atoms with Crippen LogP contribution in [-0.2, 0) is 12.6 Å². The Morgan fingerprint density at radius 3 is 2.09 bits per heavy atom. The highest BCUT2D eigenvalue weighted by Crippen LogP contribution is 2.38. The molecular weight excluding hydrogens is 338 g/mol. The summed E-state index contributed by atoms with van der Waals surface area (Å²) in [7, 11) is 3.61. The molecule has 1 aromatic heterocycles. The first kappa shape index (κ1) is 17.0. The van der Waals surface area contributed by atoms with Crippen LogP contribution in [0.4, 0.5) is 19.0 Å². The highest BCUT2D eigenvalue weighted by molar-refractivity contribution is 6.37. The van der Waals surface area contributed by atoms with E-state index in [1.807, 2.05) is 13.0 Å². The van der Waals surface area contributed by atoms with E-state index in [9.17, 15) is 13.2 Å². The van der Waals surface area contributed by atoms with Crippen molar-refractivity contribution < 1.29 is 13.2 Å². The van der Waals surface area contributed by atoms with E-state index >= 15 is 0 Å². The van der Waals surface area contributed by atoms with Crippen LogP contribution in [0.5, 0.6) is 0 Å². The normalized spacial score (nSPS) is 11.8. The molecule has 0 aliphatic carbocycles. The number of aryl methyl sites for hydroxylation is 1. The van der Waals surface area contributed by atoms with Gasteiger partial charge in [-0.1, -0.05) is 30.1 Å². The average Bonchev–Trinajstić information content (AvgIpc) is 2.81. The third kappa shape index (κ3) is 3.17. The Balaban J connectivity index is 2.66. The number of nitrogens with zero attached hydrogens (tertiary/aromatic N) is 3. The van der Waals surface area contributed by atoms with Crippen LogP contribution in [0.25, 0.3) is 5.69 Å². The Morgan fingerprint density at radius 2 is 1.68 bits per heavy atom. The predicted octanol–water partition coefficient (Wildman–Crippen LogP) is 4.83. The molecule has 0 aliphatic heterocycles. The molecule has 2 rings (SSSR count). The van der Waals surface area contributed by atoms with Crippen LogP contribution in [-0.4, -0.2) is 23.9 Å². The highest BCUT2D eigenvalue weighted by atomic mass is 35.5. The van der Waals surface area contributed by atoms with E-state index in [1.165, 1.54) is 4.68 Å². The lowest BCUT2D eigenvalue weighted by atomic mass is 10.2. The van der Waals surface area contributed by atoms with Crippen molar-refractivity contribution in [3.05, 3.63) is 39.5 Å². The average molecular weight is 352 g/mol. The van der Waals surface area contributed by atoms with Crippen molar-refractivity contribution >= 4 is 29.0 Å². The number of aromatic nitrogens is 2. The molecule has 0 fully saturated rings. The monoisotopic (exact) mass is 351 g/mol. The maximum absolute atomic E-state index is 12.8. The van der Waals surface area contributed by atoms with Gasteiger partial charge in [-0.2, -0.15) is 18.3 Å². The van der Waals surface area contributed by atoms with Crippen LogP contribution in [0.2, 0.25) is 10.0 Å². The third-order valence-electron chi connectivity index (χ3n) is 3.12. The predicted molar refractivity (Wildman–Crippen MR) is 82.3 cm³/mol. The van der Waals surface area contributed by atoms with Crippen molar-refractivity contribution in [2.75, 3.05) is 19.0 Å². The minimum Gasteiger partial charge on any atom is -0.363 e. The summed E-state index contributed by atoms with van der Waals surface area (Å²) in [4.78, 5) is 1.79. The molecule has 0 aliphatic rings. The molecule has 8 heteroatoms. The first-order chi connectivity index (χ1) is 10.1. The molecule has 3 nitrogen and oxygen atoms in total. The van der Waals surface area contributed by atoms with Crippen LogP contribution in [0, 0.1) is 0 Å². The molecule has 22 heavy (non-hydrogen) atoms. The zero-order valence-corrected chi connectivity index (χ0v) is 13.7. The lowest BCUT2D eigenvalue weighted by Crippen LogP contribution is -2.15. The maximum atomic E-state index is 12.8. The Labute approximate surface area is 136 Å². The number of rotatable bonds is 3.